The molecule has 0 aliphatic carbocycles. The van der Waals surface area contributed by atoms with E-state index in [9.17, 15) is 9.59 Å². The Morgan fingerprint density at radius 1 is 1.18 bits per heavy atom. The number of nitrogens with zero attached hydrogens (tertiary/aromatic N) is 2. The zero-order valence-corrected chi connectivity index (χ0v) is 21.0. The molecule has 0 bridgehead atoms. The van der Waals surface area contributed by atoms with Crippen LogP contribution in [0.5, 0.6) is 11.5 Å². The summed E-state index contributed by atoms with van der Waals surface area (Å²) in [7, 11) is 2.89. The van der Waals surface area contributed by atoms with Crippen molar-refractivity contribution < 1.29 is 28.5 Å². The van der Waals surface area contributed by atoms with Crippen LogP contribution in [0.25, 0.3) is 0 Å². The van der Waals surface area contributed by atoms with Gasteiger partial charge in [0.15, 0.2) is 0 Å². The van der Waals surface area contributed by atoms with E-state index in [4.69, 9.17) is 18.9 Å². The zero-order chi connectivity index (χ0) is 25.0. The van der Waals surface area contributed by atoms with E-state index in [2.05, 4.69) is 18.8 Å². The molecule has 0 unspecified atom stereocenters. The van der Waals surface area contributed by atoms with Crippen molar-refractivity contribution in [1.29, 1.82) is 0 Å². The minimum absolute atomic E-state index is 0.139. The Balaban J connectivity index is 1.79. The van der Waals surface area contributed by atoms with Crippen molar-refractivity contribution in [3.05, 3.63) is 52.8 Å². The molecular weight excluding hydrogens is 436 g/mol. The lowest BCUT2D eigenvalue weighted by Gasteiger charge is -2.40. The average molecular weight is 471 g/mol. The molecule has 1 aliphatic heterocycles. The summed E-state index contributed by atoms with van der Waals surface area (Å²) in [6.45, 7) is 9.87. The molecule has 0 saturated heterocycles. The van der Waals surface area contributed by atoms with Gasteiger partial charge in [0.25, 0.3) is 0 Å². The highest BCUT2D eigenvalue weighted by molar-refractivity contribution is 5.82. The van der Waals surface area contributed by atoms with Crippen LogP contribution in [-0.2, 0) is 27.3 Å². The van der Waals surface area contributed by atoms with Crippen molar-refractivity contribution in [3.63, 3.8) is 0 Å². The number of benzene rings is 1. The van der Waals surface area contributed by atoms with E-state index in [1.54, 1.807) is 12.0 Å². The van der Waals surface area contributed by atoms with E-state index in [1.807, 2.05) is 37.3 Å². The molecule has 1 atom stereocenters. The maximum absolute atomic E-state index is 13.0. The molecule has 0 spiro atoms. The van der Waals surface area contributed by atoms with Gasteiger partial charge in [-0.3, -0.25) is 4.98 Å². The molecule has 0 radical (unpaired) electrons. The number of pyridine rings is 1. The summed E-state index contributed by atoms with van der Waals surface area (Å²) in [5.74, 6) is 0.961. The number of fused-ring (bicyclic) bond motifs is 1. The van der Waals surface area contributed by atoms with E-state index in [1.165, 1.54) is 21.0 Å². The van der Waals surface area contributed by atoms with Crippen LogP contribution in [0, 0.1) is 12.8 Å². The lowest BCUT2D eigenvalue weighted by atomic mass is 9.86. The third-order valence-electron chi connectivity index (χ3n) is 5.94. The number of hydrogen-bond acceptors (Lipinski definition) is 7. The van der Waals surface area contributed by atoms with Crippen molar-refractivity contribution in [3.8, 4) is 11.5 Å². The van der Waals surface area contributed by atoms with Crippen molar-refractivity contribution in [1.82, 2.24) is 9.88 Å². The summed E-state index contributed by atoms with van der Waals surface area (Å²) in [6, 6.07) is 9.53. The molecule has 1 amide bonds. The predicted octanol–water partition coefficient (Wildman–Crippen LogP) is 4.62. The number of rotatable bonds is 7. The standard InChI is InChI=1S/C26H34N2O6/c1-16(2)23-20-10-9-19(33-15-21-22(31-6)11-8-17(3)27-21)14-18(20)12-13-28(23)25(30)34-26(4,5)24(29)32-7/h8-11,14,16,23H,12-13,15H2,1-7H3/t23-/m0/s1. The van der Waals surface area contributed by atoms with E-state index < -0.39 is 17.7 Å². The van der Waals surface area contributed by atoms with Crippen molar-refractivity contribution in [2.24, 2.45) is 5.92 Å². The number of ether oxygens (including phenoxy) is 4. The number of hydrogen-bond donors (Lipinski definition) is 0. The summed E-state index contributed by atoms with van der Waals surface area (Å²) in [5.41, 5.74) is 2.44. The van der Waals surface area contributed by atoms with E-state index >= 15 is 0 Å². The lowest BCUT2D eigenvalue weighted by Crippen LogP contribution is -2.47. The summed E-state index contributed by atoms with van der Waals surface area (Å²) < 4.78 is 21.7. The number of carbonyl (C=O) groups excluding carboxylic acids is 2. The number of carbonyl (C=O) groups is 2. The molecule has 8 nitrogen and oxygen atoms in total. The number of methoxy groups -OCH3 is 2. The van der Waals surface area contributed by atoms with Crippen LogP contribution in [0.15, 0.2) is 30.3 Å². The third kappa shape index (κ3) is 5.43. The molecule has 1 aliphatic rings. The smallest absolute Gasteiger partial charge is 0.411 e. The Kier molecular flexibility index (Phi) is 7.69. The number of esters is 1. The largest absolute Gasteiger partial charge is 0.495 e. The molecule has 0 saturated carbocycles. The van der Waals surface area contributed by atoms with Crippen LogP contribution < -0.4 is 9.47 Å². The first-order chi connectivity index (χ1) is 16.1. The van der Waals surface area contributed by atoms with Gasteiger partial charge >= 0.3 is 12.1 Å². The van der Waals surface area contributed by atoms with Crippen molar-refractivity contribution in [2.45, 2.75) is 59.3 Å². The van der Waals surface area contributed by atoms with Crippen LogP contribution in [0.1, 0.15) is 56.3 Å². The first kappa shape index (κ1) is 25.3. The molecular formula is C26H34N2O6. The highest BCUT2D eigenvalue weighted by atomic mass is 16.6. The first-order valence-corrected chi connectivity index (χ1v) is 11.4. The zero-order valence-electron chi connectivity index (χ0n) is 21.0. The molecule has 0 fully saturated rings. The van der Waals surface area contributed by atoms with Crippen LogP contribution >= 0.6 is 0 Å². The molecule has 3 rings (SSSR count). The minimum atomic E-state index is -1.36. The monoisotopic (exact) mass is 470 g/mol. The molecule has 0 N–H and O–H groups in total. The molecule has 2 aromatic rings. The second-order valence-corrected chi connectivity index (χ2v) is 9.25. The number of aromatic nitrogens is 1. The Morgan fingerprint density at radius 3 is 2.56 bits per heavy atom. The van der Waals surface area contributed by atoms with Gasteiger partial charge in [0.2, 0.25) is 5.60 Å². The van der Waals surface area contributed by atoms with Crippen LogP contribution in [0.3, 0.4) is 0 Å². The number of aryl methyl sites for hydroxylation is 1. The predicted molar refractivity (Wildman–Crippen MR) is 127 cm³/mol. The topological polar surface area (TPSA) is 87.2 Å². The highest BCUT2D eigenvalue weighted by Gasteiger charge is 2.39. The fourth-order valence-electron chi connectivity index (χ4n) is 4.25. The molecule has 1 aromatic heterocycles. The Bertz CT molecular complexity index is 1050. The molecule has 184 valence electrons. The molecule has 2 heterocycles. The van der Waals surface area contributed by atoms with Gasteiger partial charge in [-0.15, -0.1) is 0 Å². The second kappa shape index (κ2) is 10.3. The van der Waals surface area contributed by atoms with Gasteiger partial charge in [-0.1, -0.05) is 19.9 Å². The quantitative estimate of drug-likeness (QED) is 0.546. The van der Waals surface area contributed by atoms with Gasteiger partial charge in [0, 0.05) is 12.2 Å². The summed E-state index contributed by atoms with van der Waals surface area (Å²) >= 11 is 0. The van der Waals surface area contributed by atoms with E-state index in [-0.39, 0.29) is 18.6 Å². The van der Waals surface area contributed by atoms with Gasteiger partial charge in [-0.05, 0) is 68.5 Å². The van der Waals surface area contributed by atoms with Gasteiger partial charge in [0.05, 0.1) is 20.3 Å². The van der Waals surface area contributed by atoms with Gasteiger partial charge in [0.1, 0.15) is 23.8 Å². The summed E-state index contributed by atoms with van der Waals surface area (Å²) in [4.78, 5) is 31.2. The third-order valence-corrected chi connectivity index (χ3v) is 5.94. The maximum Gasteiger partial charge on any atom is 0.411 e. The number of amides is 1. The van der Waals surface area contributed by atoms with Crippen LogP contribution in [0.4, 0.5) is 4.79 Å². The first-order valence-electron chi connectivity index (χ1n) is 11.4. The summed E-state index contributed by atoms with van der Waals surface area (Å²) in [6.07, 6.45) is 0.118. The normalized spacial score (nSPS) is 15.5. The SMILES string of the molecule is COC(=O)C(C)(C)OC(=O)N1CCc2cc(OCc3nc(C)ccc3OC)ccc2[C@@H]1C(C)C. The highest BCUT2D eigenvalue weighted by Crippen LogP contribution is 2.38. The molecule has 34 heavy (non-hydrogen) atoms. The van der Waals surface area contributed by atoms with Crippen LogP contribution in [-0.4, -0.2) is 48.3 Å². The fourth-order valence-corrected chi connectivity index (χ4v) is 4.25. The van der Waals surface area contributed by atoms with Crippen molar-refractivity contribution in [2.75, 3.05) is 20.8 Å². The summed E-state index contributed by atoms with van der Waals surface area (Å²) in [5, 5.41) is 0. The van der Waals surface area contributed by atoms with Gasteiger partial charge in [-0.2, -0.15) is 0 Å². The van der Waals surface area contributed by atoms with E-state index in [0.29, 0.717) is 18.7 Å². The minimum Gasteiger partial charge on any atom is -0.495 e. The molecule has 8 heteroatoms. The van der Waals surface area contributed by atoms with Crippen molar-refractivity contribution >= 4 is 12.1 Å². The second-order valence-electron chi connectivity index (χ2n) is 9.25. The molecule has 1 aromatic carbocycles. The average Bonchev–Trinajstić information content (AvgIpc) is 2.80. The maximum atomic E-state index is 13.0. The fraction of sp³-hybridized carbons (Fsp3) is 0.500. The van der Waals surface area contributed by atoms with E-state index in [0.717, 1.165) is 28.3 Å². The van der Waals surface area contributed by atoms with Gasteiger partial charge < -0.3 is 23.8 Å². The lowest BCUT2D eigenvalue weighted by molar-refractivity contribution is -0.160. The Morgan fingerprint density at radius 2 is 1.91 bits per heavy atom. The van der Waals surface area contributed by atoms with Gasteiger partial charge in [-0.25, -0.2) is 9.59 Å². The van der Waals surface area contributed by atoms with Crippen LogP contribution in [0.2, 0.25) is 0 Å². The Labute approximate surface area is 201 Å². The Hall–Kier alpha value is -3.29.